The SMILES string of the molecule is CCCCNC(=O)[C@H](Cc1ccccc1)N(Cc1cccc(C)c1)C(=O)CCC. The molecule has 0 fully saturated rings. The minimum atomic E-state index is -0.520. The number of hydrogen-bond donors (Lipinski definition) is 1. The Balaban J connectivity index is 2.32. The van der Waals surface area contributed by atoms with Gasteiger partial charge in [-0.3, -0.25) is 9.59 Å². The Morgan fingerprint density at radius 1 is 0.966 bits per heavy atom. The minimum absolute atomic E-state index is 0.0283. The fraction of sp³-hybridized carbons (Fsp3) is 0.440. The van der Waals surface area contributed by atoms with Crippen LogP contribution in [0.4, 0.5) is 0 Å². The van der Waals surface area contributed by atoms with E-state index in [2.05, 4.69) is 18.3 Å². The van der Waals surface area contributed by atoms with Crippen molar-refractivity contribution in [3.63, 3.8) is 0 Å². The van der Waals surface area contributed by atoms with Crippen LogP contribution in [0.25, 0.3) is 0 Å². The van der Waals surface area contributed by atoms with Gasteiger partial charge >= 0.3 is 0 Å². The van der Waals surface area contributed by atoms with Gasteiger partial charge in [0.05, 0.1) is 0 Å². The van der Waals surface area contributed by atoms with Gasteiger partial charge in [-0.2, -0.15) is 0 Å². The van der Waals surface area contributed by atoms with E-state index in [4.69, 9.17) is 0 Å². The lowest BCUT2D eigenvalue weighted by atomic mass is 10.0. The summed E-state index contributed by atoms with van der Waals surface area (Å²) < 4.78 is 0. The Labute approximate surface area is 175 Å². The molecular weight excluding hydrogens is 360 g/mol. The topological polar surface area (TPSA) is 49.4 Å². The smallest absolute Gasteiger partial charge is 0.243 e. The van der Waals surface area contributed by atoms with Crippen LogP contribution in [0.3, 0.4) is 0 Å². The van der Waals surface area contributed by atoms with Crippen LogP contribution in [0.5, 0.6) is 0 Å². The largest absolute Gasteiger partial charge is 0.354 e. The van der Waals surface area contributed by atoms with Crippen molar-refractivity contribution in [3.05, 3.63) is 71.3 Å². The normalized spacial score (nSPS) is 11.7. The van der Waals surface area contributed by atoms with Crippen molar-refractivity contribution in [2.75, 3.05) is 6.54 Å². The van der Waals surface area contributed by atoms with Gasteiger partial charge in [0.15, 0.2) is 0 Å². The molecule has 29 heavy (non-hydrogen) atoms. The Morgan fingerprint density at radius 3 is 2.34 bits per heavy atom. The lowest BCUT2D eigenvalue weighted by molar-refractivity contribution is -0.141. The van der Waals surface area contributed by atoms with Crippen molar-refractivity contribution >= 4 is 11.8 Å². The molecule has 2 amide bonds. The van der Waals surface area contributed by atoms with E-state index in [1.165, 1.54) is 0 Å². The monoisotopic (exact) mass is 394 g/mol. The summed E-state index contributed by atoms with van der Waals surface area (Å²) in [5.41, 5.74) is 3.26. The van der Waals surface area contributed by atoms with Gasteiger partial charge in [-0.05, 0) is 30.9 Å². The first-order valence-electron chi connectivity index (χ1n) is 10.7. The molecule has 0 spiro atoms. The molecule has 0 radical (unpaired) electrons. The zero-order chi connectivity index (χ0) is 21.1. The Morgan fingerprint density at radius 2 is 1.69 bits per heavy atom. The van der Waals surface area contributed by atoms with Gasteiger partial charge in [0.25, 0.3) is 0 Å². The summed E-state index contributed by atoms with van der Waals surface area (Å²) in [7, 11) is 0. The third-order valence-electron chi connectivity index (χ3n) is 5.00. The molecule has 4 heteroatoms. The van der Waals surface area contributed by atoms with Crippen molar-refractivity contribution < 1.29 is 9.59 Å². The Hall–Kier alpha value is -2.62. The van der Waals surface area contributed by atoms with E-state index < -0.39 is 6.04 Å². The van der Waals surface area contributed by atoms with Gasteiger partial charge in [-0.1, -0.05) is 80.4 Å². The molecule has 2 aromatic carbocycles. The van der Waals surface area contributed by atoms with Crippen molar-refractivity contribution in [1.29, 1.82) is 0 Å². The average molecular weight is 395 g/mol. The lowest BCUT2D eigenvalue weighted by Gasteiger charge is -2.31. The van der Waals surface area contributed by atoms with Crippen molar-refractivity contribution in [2.24, 2.45) is 0 Å². The van der Waals surface area contributed by atoms with Gasteiger partial charge in [0, 0.05) is 25.9 Å². The van der Waals surface area contributed by atoms with Crippen molar-refractivity contribution in [1.82, 2.24) is 10.2 Å². The second-order valence-electron chi connectivity index (χ2n) is 7.61. The van der Waals surface area contributed by atoms with E-state index in [0.717, 1.165) is 36.0 Å². The van der Waals surface area contributed by atoms with Crippen LogP contribution in [0, 0.1) is 6.92 Å². The van der Waals surface area contributed by atoms with Crippen LogP contribution < -0.4 is 5.32 Å². The summed E-state index contributed by atoms with van der Waals surface area (Å²) in [6.07, 6.45) is 3.67. The first-order chi connectivity index (χ1) is 14.0. The third-order valence-corrected chi connectivity index (χ3v) is 5.00. The molecule has 0 bridgehead atoms. The summed E-state index contributed by atoms with van der Waals surface area (Å²) in [5.74, 6) is -0.0417. The first-order valence-corrected chi connectivity index (χ1v) is 10.7. The number of hydrogen-bond acceptors (Lipinski definition) is 2. The van der Waals surface area contributed by atoms with Crippen LogP contribution in [-0.4, -0.2) is 29.3 Å². The lowest BCUT2D eigenvalue weighted by Crippen LogP contribution is -2.50. The van der Waals surface area contributed by atoms with Gasteiger partial charge < -0.3 is 10.2 Å². The molecule has 0 aromatic heterocycles. The molecule has 0 saturated carbocycles. The fourth-order valence-electron chi connectivity index (χ4n) is 3.42. The number of amides is 2. The molecule has 1 atom stereocenters. The van der Waals surface area contributed by atoms with Crippen LogP contribution in [-0.2, 0) is 22.6 Å². The molecule has 0 unspecified atom stereocenters. The molecule has 0 saturated heterocycles. The van der Waals surface area contributed by atoms with E-state index >= 15 is 0 Å². The maximum absolute atomic E-state index is 13.1. The molecule has 0 aliphatic rings. The number of nitrogens with zero attached hydrogens (tertiary/aromatic N) is 1. The summed E-state index contributed by atoms with van der Waals surface area (Å²) in [4.78, 5) is 27.9. The van der Waals surface area contributed by atoms with Crippen molar-refractivity contribution in [3.8, 4) is 0 Å². The maximum atomic E-state index is 13.1. The van der Waals surface area contributed by atoms with Crippen LogP contribution >= 0.6 is 0 Å². The number of unbranched alkanes of at least 4 members (excludes halogenated alkanes) is 1. The quantitative estimate of drug-likeness (QED) is 0.564. The Kier molecular flexibility index (Phi) is 9.42. The average Bonchev–Trinajstić information content (AvgIpc) is 2.71. The van der Waals surface area contributed by atoms with Gasteiger partial charge in [-0.25, -0.2) is 0 Å². The molecular formula is C25H34N2O2. The molecule has 0 aliphatic carbocycles. The highest BCUT2D eigenvalue weighted by atomic mass is 16.2. The van der Waals surface area contributed by atoms with Gasteiger partial charge in [-0.15, -0.1) is 0 Å². The number of carbonyl (C=O) groups excluding carboxylic acids is 2. The highest BCUT2D eigenvalue weighted by Gasteiger charge is 2.29. The number of benzene rings is 2. The number of carbonyl (C=O) groups is 2. The fourth-order valence-corrected chi connectivity index (χ4v) is 3.42. The van der Waals surface area contributed by atoms with Crippen LogP contribution in [0.2, 0.25) is 0 Å². The first kappa shape index (κ1) is 22.7. The Bertz CT molecular complexity index is 773. The van der Waals surface area contributed by atoms with E-state index in [-0.39, 0.29) is 11.8 Å². The van der Waals surface area contributed by atoms with E-state index in [1.54, 1.807) is 4.90 Å². The predicted octanol–water partition coefficient (Wildman–Crippen LogP) is 4.65. The minimum Gasteiger partial charge on any atom is -0.354 e. The zero-order valence-corrected chi connectivity index (χ0v) is 18.0. The van der Waals surface area contributed by atoms with E-state index in [0.29, 0.717) is 25.9 Å². The summed E-state index contributed by atoms with van der Waals surface area (Å²) in [6.45, 7) is 7.22. The van der Waals surface area contributed by atoms with E-state index in [9.17, 15) is 9.59 Å². The molecule has 2 aromatic rings. The number of nitrogens with one attached hydrogen (secondary N) is 1. The van der Waals surface area contributed by atoms with Gasteiger partial charge in [0.2, 0.25) is 11.8 Å². The summed E-state index contributed by atoms with van der Waals surface area (Å²) in [5, 5.41) is 3.05. The molecule has 156 valence electrons. The molecule has 4 nitrogen and oxygen atoms in total. The highest BCUT2D eigenvalue weighted by Crippen LogP contribution is 2.17. The van der Waals surface area contributed by atoms with E-state index in [1.807, 2.05) is 62.4 Å². The summed E-state index contributed by atoms with van der Waals surface area (Å²) >= 11 is 0. The number of rotatable bonds is 11. The number of aryl methyl sites for hydroxylation is 1. The molecule has 0 aliphatic heterocycles. The molecule has 0 heterocycles. The maximum Gasteiger partial charge on any atom is 0.243 e. The van der Waals surface area contributed by atoms with Crippen molar-refractivity contribution in [2.45, 2.75) is 65.5 Å². The standard InChI is InChI=1S/C25H34N2O2/c1-4-6-16-26-25(29)23(18-21-13-8-7-9-14-21)27(24(28)11-5-2)19-22-15-10-12-20(3)17-22/h7-10,12-15,17,23H,4-6,11,16,18-19H2,1-3H3,(H,26,29)/t23-/m0/s1. The third kappa shape index (κ3) is 7.37. The molecule has 1 N–H and O–H groups in total. The summed E-state index contributed by atoms with van der Waals surface area (Å²) in [6, 6.07) is 17.6. The second-order valence-corrected chi connectivity index (χ2v) is 7.61. The zero-order valence-electron chi connectivity index (χ0n) is 18.0. The van der Waals surface area contributed by atoms with Crippen LogP contribution in [0.1, 0.15) is 56.2 Å². The highest BCUT2D eigenvalue weighted by molar-refractivity contribution is 5.88. The molecule has 2 rings (SSSR count). The van der Waals surface area contributed by atoms with Gasteiger partial charge in [0.1, 0.15) is 6.04 Å². The predicted molar refractivity (Wildman–Crippen MR) is 118 cm³/mol. The van der Waals surface area contributed by atoms with Crippen LogP contribution in [0.15, 0.2) is 54.6 Å². The second kappa shape index (κ2) is 12.1.